The van der Waals surface area contributed by atoms with E-state index in [4.69, 9.17) is 32.2 Å². The Bertz CT molecular complexity index is 1040. The third-order valence-electron chi connectivity index (χ3n) is 5.29. The molecule has 1 aliphatic carbocycles. The summed E-state index contributed by atoms with van der Waals surface area (Å²) in [6.07, 6.45) is 4.96. The first kappa shape index (κ1) is 25.8. The van der Waals surface area contributed by atoms with E-state index >= 15 is 0 Å². The molecule has 10 heteroatoms. The van der Waals surface area contributed by atoms with Gasteiger partial charge in [0.05, 0.1) is 25.4 Å². The molecule has 0 radical (unpaired) electrons. The summed E-state index contributed by atoms with van der Waals surface area (Å²) < 4.78 is 17.1. The number of nitrogens with one attached hydrogen (secondary N) is 2. The number of ether oxygens (including phenoxy) is 3. The molecule has 1 aliphatic rings. The lowest BCUT2D eigenvalue weighted by atomic mass is 10.1. The zero-order valence-electron chi connectivity index (χ0n) is 19.7. The minimum atomic E-state index is -0.495. The number of hydrogen-bond donors (Lipinski definition) is 3. The second-order valence-corrected chi connectivity index (χ2v) is 9.16. The fourth-order valence-corrected chi connectivity index (χ4v) is 5.48. The Balaban J connectivity index is 1.82. The number of thiophene rings is 1. The molecule has 1 aromatic carbocycles. The van der Waals surface area contributed by atoms with E-state index in [1.165, 1.54) is 11.3 Å². The van der Waals surface area contributed by atoms with Crippen molar-refractivity contribution in [2.45, 2.75) is 52.9 Å². The van der Waals surface area contributed by atoms with E-state index in [0.717, 1.165) is 42.5 Å². The van der Waals surface area contributed by atoms with Crippen molar-refractivity contribution >= 4 is 45.5 Å². The van der Waals surface area contributed by atoms with E-state index in [2.05, 4.69) is 10.6 Å². The molecule has 34 heavy (non-hydrogen) atoms. The van der Waals surface area contributed by atoms with E-state index in [-0.39, 0.29) is 5.11 Å². The van der Waals surface area contributed by atoms with E-state index in [9.17, 15) is 9.59 Å². The molecular weight excluding hydrogens is 474 g/mol. The van der Waals surface area contributed by atoms with Crippen LogP contribution in [0.1, 0.15) is 71.2 Å². The number of carbonyl (C=O) groups is 2. The number of hydrogen-bond acceptors (Lipinski definition) is 7. The molecule has 1 heterocycles. The normalized spacial score (nSPS) is 12.8. The predicted octanol–water partition coefficient (Wildman–Crippen LogP) is 4.44. The van der Waals surface area contributed by atoms with E-state index in [0.29, 0.717) is 53.2 Å². The van der Waals surface area contributed by atoms with Gasteiger partial charge >= 0.3 is 0 Å². The Labute approximate surface area is 209 Å². The lowest BCUT2D eigenvalue weighted by Crippen LogP contribution is -2.34. The molecule has 0 spiro atoms. The van der Waals surface area contributed by atoms with Gasteiger partial charge < -0.3 is 25.3 Å². The van der Waals surface area contributed by atoms with Gasteiger partial charge in [-0.05, 0) is 76.4 Å². The Kier molecular flexibility index (Phi) is 9.12. The highest BCUT2D eigenvalue weighted by Gasteiger charge is 2.24. The van der Waals surface area contributed by atoms with Crippen LogP contribution in [0.25, 0.3) is 0 Å². The number of carbonyl (C=O) groups excluding carboxylic acids is 2. The number of fused-ring (bicyclic) bond motifs is 1. The summed E-state index contributed by atoms with van der Waals surface area (Å²) in [7, 11) is 0. The highest BCUT2D eigenvalue weighted by molar-refractivity contribution is 7.80. The Morgan fingerprint density at radius 3 is 2.21 bits per heavy atom. The van der Waals surface area contributed by atoms with Gasteiger partial charge in [0.15, 0.2) is 16.6 Å². The first-order chi connectivity index (χ1) is 16.4. The second kappa shape index (κ2) is 12.0. The minimum absolute atomic E-state index is 0.0775. The molecular formula is C24H31N3O5S2. The lowest BCUT2D eigenvalue weighted by Gasteiger charge is -2.17. The average Bonchev–Trinajstić information content (AvgIpc) is 2.96. The molecule has 2 amide bonds. The smallest absolute Gasteiger partial charge is 0.257 e. The fourth-order valence-electron chi connectivity index (χ4n) is 3.92. The number of amides is 2. The van der Waals surface area contributed by atoms with Crippen LogP contribution in [-0.4, -0.2) is 36.7 Å². The number of aryl methyl sites for hydroxylation is 1. The topological polar surface area (TPSA) is 112 Å². The van der Waals surface area contributed by atoms with Gasteiger partial charge in [-0.2, -0.15) is 0 Å². The van der Waals surface area contributed by atoms with Crippen LogP contribution in [-0.2, 0) is 12.8 Å². The molecule has 0 atom stereocenters. The van der Waals surface area contributed by atoms with Crippen molar-refractivity contribution in [1.82, 2.24) is 5.32 Å². The van der Waals surface area contributed by atoms with Crippen molar-refractivity contribution in [3.05, 3.63) is 33.7 Å². The van der Waals surface area contributed by atoms with Gasteiger partial charge in [-0.3, -0.25) is 14.9 Å². The van der Waals surface area contributed by atoms with Gasteiger partial charge in [0, 0.05) is 10.4 Å². The molecule has 184 valence electrons. The van der Waals surface area contributed by atoms with Gasteiger partial charge in [0.2, 0.25) is 5.75 Å². The van der Waals surface area contributed by atoms with Crippen LogP contribution in [0.15, 0.2) is 12.1 Å². The van der Waals surface area contributed by atoms with Crippen molar-refractivity contribution < 1.29 is 23.8 Å². The molecule has 4 N–H and O–H groups in total. The molecule has 1 aromatic heterocycles. The van der Waals surface area contributed by atoms with Crippen LogP contribution in [0, 0.1) is 0 Å². The third kappa shape index (κ3) is 5.98. The van der Waals surface area contributed by atoms with E-state index in [1.807, 2.05) is 20.8 Å². The molecule has 0 saturated carbocycles. The second-order valence-electron chi connectivity index (χ2n) is 7.64. The first-order valence-electron chi connectivity index (χ1n) is 11.5. The van der Waals surface area contributed by atoms with Crippen LogP contribution in [0.2, 0.25) is 0 Å². The molecule has 0 saturated heterocycles. The summed E-state index contributed by atoms with van der Waals surface area (Å²) in [6.45, 7) is 6.78. The van der Waals surface area contributed by atoms with Gasteiger partial charge in [-0.25, -0.2) is 0 Å². The van der Waals surface area contributed by atoms with Crippen LogP contribution < -0.4 is 30.6 Å². The van der Waals surface area contributed by atoms with Crippen LogP contribution in [0.5, 0.6) is 17.2 Å². The number of anilines is 1. The summed E-state index contributed by atoms with van der Waals surface area (Å²) in [5, 5.41) is 6.34. The number of benzene rings is 1. The average molecular weight is 506 g/mol. The standard InChI is InChI=1S/C24H31N3O5S2/c1-4-30-16-12-14(13-17(31-5-2)20(16)32-6-3)22(29)26-24(33)27-23-19(21(25)28)15-10-8-7-9-11-18(15)34-23/h12-13H,4-11H2,1-3H3,(H2,25,28)(H2,26,27,29,33). The fraction of sp³-hybridized carbons (Fsp3) is 0.458. The Morgan fingerprint density at radius 2 is 1.62 bits per heavy atom. The third-order valence-corrected chi connectivity index (χ3v) is 6.70. The quantitative estimate of drug-likeness (QED) is 0.341. The van der Waals surface area contributed by atoms with E-state index < -0.39 is 11.8 Å². The molecule has 0 unspecified atom stereocenters. The Morgan fingerprint density at radius 1 is 1.00 bits per heavy atom. The molecule has 8 nitrogen and oxygen atoms in total. The summed E-state index contributed by atoms with van der Waals surface area (Å²) in [5.41, 5.74) is 7.46. The van der Waals surface area contributed by atoms with E-state index in [1.54, 1.807) is 12.1 Å². The molecule has 0 bridgehead atoms. The minimum Gasteiger partial charge on any atom is -0.490 e. The lowest BCUT2D eigenvalue weighted by molar-refractivity contribution is 0.0974. The van der Waals surface area contributed by atoms with Gasteiger partial charge in [0.1, 0.15) is 5.00 Å². The maximum atomic E-state index is 13.0. The van der Waals surface area contributed by atoms with Crippen molar-refractivity contribution in [1.29, 1.82) is 0 Å². The van der Waals surface area contributed by atoms with Gasteiger partial charge in [-0.15, -0.1) is 11.3 Å². The van der Waals surface area contributed by atoms with Crippen molar-refractivity contribution in [2.24, 2.45) is 5.73 Å². The number of primary amides is 1. The molecule has 3 rings (SSSR count). The van der Waals surface area contributed by atoms with Gasteiger partial charge in [-0.1, -0.05) is 6.42 Å². The first-order valence-corrected chi connectivity index (χ1v) is 12.7. The van der Waals surface area contributed by atoms with Crippen molar-refractivity contribution in [3.63, 3.8) is 0 Å². The van der Waals surface area contributed by atoms with Crippen LogP contribution >= 0.6 is 23.6 Å². The maximum Gasteiger partial charge on any atom is 0.257 e. The number of nitrogens with two attached hydrogens (primary N) is 1. The zero-order chi connectivity index (χ0) is 24.7. The highest BCUT2D eigenvalue weighted by Crippen LogP contribution is 2.39. The summed E-state index contributed by atoms with van der Waals surface area (Å²) in [4.78, 5) is 26.4. The SMILES string of the molecule is CCOc1cc(C(=O)NC(=S)Nc2sc3c(c2C(N)=O)CCCCC3)cc(OCC)c1OCC. The number of thiocarbonyl (C=S) groups is 1. The van der Waals surface area contributed by atoms with Crippen molar-refractivity contribution in [3.8, 4) is 17.2 Å². The van der Waals surface area contributed by atoms with Gasteiger partial charge in [0.25, 0.3) is 11.8 Å². The number of rotatable bonds is 9. The molecule has 0 aliphatic heterocycles. The maximum absolute atomic E-state index is 13.0. The van der Waals surface area contributed by atoms with Crippen LogP contribution in [0.4, 0.5) is 5.00 Å². The molecule has 2 aromatic rings. The monoisotopic (exact) mass is 505 g/mol. The zero-order valence-corrected chi connectivity index (χ0v) is 21.4. The Hall–Kier alpha value is -2.85. The predicted molar refractivity (Wildman–Crippen MR) is 138 cm³/mol. The summed E-state index contributed by atoms with van der Waals surface area (Å²) in [6, 6.07) is 3.19. The molecule has 0 fully saturated rings. The van der Waals surface area contributed by atoms with Crippen molar-refractivity contribution in [2.75, 3.05) is 25.1 Å². The highest BCUT2D eigenvalue weighted by atomic mass is 32.1. The largest absolute Gasteiger partial charge is 0.490 e. The summed E-state index contributed by atoms with van der Waals surface area (Å²) >= 11 is 6.86. The van der Waals surface area contributed by atoms with Crippen LogP contribution in [0.3, 0.4) is 0 Å². The summed E-state index contributed by atoms with van der Waals surface area (Å²) in [5.74, 6) is 0.343.